The van der Waals surface area contributed by atoms with Crippen LogP contribution in [0.2, 0.25) is 0 Å². The summed E-state index contributed by atoms with van der Waals surface area (Å²) in [5, 5.41) is 9.25. The molecule has 9 nitrogen and oxygen atoms in total. The lowest BCUT2D eigenvalue weighted by molar-refractivity contribution is -0.139. The quantitative estimate of drug-likeness (QED) is 0.330. The zero-order chi connectivity index (χ0) is 30.3. The molecule has 1 atom stereocenters. The number of carbonyl (C=O) groups excluding carboxylic acids is 1. The van der Waals surface area contributed by atoms with Gasteiger partial charge in [0.2, 0.25) is 0 Å². The van der Waals surface area contributed by atoms with E-state index in [1.807, 2.05) is 73.8 Å². The van der Waals surface area contributed by atoms with Gasteiger partial charge < -0.3 is 19.3 Å². The Bertz CT molecular complexity index is 1910. The molecule has 0 bridgehead atoms. The van der Waals surface area contributed by atoms with Crippen LogP contribution in [0.3, 0.4) is 0 Å². The van der Waals surface area contributed by atoms with Crippen molar-refractivity contribution < 1.29 is 19.4 Å². The molecule has 0 radical (unpaired) electrons. The average molecular weight is 585 g/mol. The molecule has 216 valence electrons. The van der Waals surface area contributed by atoms with Gasteiger partial charge in [0.15, 0.2) is 4.80 Å². The van der Waals surface area contributed by atoms with E-state index >= 15 is 0 Å². The largest absolute Gasteiger partial charge is 0.478 e. The number of nitrogens with zero attached hydrogens (tertiary/aromatic N) is 4. The van der Waals surface area contributed by atoms with Crippen molar-refractivity contribution >= 4 is 35.0 Å². The minimum absolute atomic E-state index is 0.209. The summed E-state index contributed by atoms with van der Waals surface area (Å²) in [7, 11) is 3.91. The van der Waals surface area contributed by atoms with E-state index in [-0.39, 0.29) is 17.7 Å². The molecule has 2 aromatic heterocycles. The van der Waals surface area contributed by atoms with Gasteiger partial charge in [-0.2, -0.15) is 0 Å². The maximum Gasteiger partial charge on any atom is 0.338 e. The number of thiazole rings is 1. The molecule has 0 saturated carbocycles. The Hall–Kier alpha value is -4.70. The number of hydrogen-bond acceptors (Lipinski definition) is 7. The van der Waals surface area contributed by atoms with Crippen LogP contribution in [-0.2, 0) is 9.53 Å². The third kappa shape index (κ3) is 5.09. The number of carboxylic acids is 1. The van der Waals surface area contributed by atoms with E-state index in [0.717, 1.165) is 33.9 Å². The minimum Gasteiger partial charge on any atom is -0.478 e. The lowest BCUT2D eigenvalue weighted by Crippen LogP contribution is -2.40. The second-order valence-electron chi connectivity index (χ2n) is 10.3. The van der Waals surface area contributed by atoms with Crippen molar-refractivity contribution in [2.24, 2.45) is 4.99 Å². The summed E-state index contributed by atoms with van der Waals surface area (Å²) < 4.78 is 9.49. The number of carboxylic acid groups (broad SMARTS) is 1. The van der Waals surface area contributed by atoms with Gasteiger partial charge in [-0.25, -0.2) is 14.6 Å². The third-order valence-corrected chi connectivity index (χ3v) is 8.35. The molecule has 5 rings (SSSR count). The second kappa shape index (κ2) is 11.3. The van der Waals surface area contributed by atoms with Crippen molar-refractivity contribution in [3.8, 4) is 5.69 Å². The van der Waals surface area contributed by atoms with Crippen LogP contribution >= 0.6 is 11.3 Å². The van der Waals surface area contributed by atoms with Crippen LogP contribution in [0, 0.1) is 13.8 Å². The normalized spacial score (nSPS) is 14.9. The summed E-state index contributed by atoms with van der Waals surface area (Å²) >= 11 is 1.28. The van der Waals surface area contributed by atoms with Crippen LogP contribution in [0.1, 0.15) is 52.8 Å². The second-order valence-corrected chi connectivity index (χ2v) is 11.3. The number of aryl methyl sites for hydroxylation is 1. The number of esters is 1. The number of allylic oxidation sites excluding steroid dienone is 1. The van der Waals surface area contributed by atoms with Gasteiger partial charge in [-0.3, -0.25) is 9.36 Å². The Kier molecular flexibility index (Phi) is 7.74. The standard InChI is InChI=1S/C32H32N4O5S/c1-7-41-31(40)27-19(3)33-32-36(28(27)21-8-12-24(13-9-21)34(5)6)29(37)26(42-32)17-23-16-18(2)35(20(23)4)25-14-10-22(11-15-25)30(38)39/h8-17,28H,7H2,1-6H3,(H,38,39)/b26-17+/t28-/m1/s1. The van der Waals surface area contributed by atoms with Gasteiger partial charge in [0, 0.05) is 36.9 Å². The zero-order valence-electron chi connectivity index (χ0n) is 24.3. The predicted molar refractivity (Wildman–Crippen MR) is 163 cm³/mol. The van der Waals surface area contributed by atoms with Crippen LogP contribution in [0.15, 0.2) is 75.7 Å². The fourth-order valence-electron chi connectivity index (χ4n) is 5.29. The van der Waals surface area contributed by atoms with Gasteiger partial charge >= 0.3 is 11.9 Å². The molecule has 0 spiro atoms. The van der Waals surface area contributed by atoms with E-state index in [2.05, 4.69) is 4.99 Å². The summed E-state index contributed by atoms with van der Waals surface area (Å²) in [5.41, 5.74) is 6.14. The number of hydrogen-bond donors (Lipinski definition) is 1. The maximum absolute atomic E-state index is 14.0. The highest BCUT2D eigenvalue weighted by Gasteiger charge is 2.33. The number of fused-ring (bicyclic) bond motifs is 1. The van der Waals surface area contributed by atoms with E-state index in [9.17, 15) is 19.5 Å². The number of aromatic nitrogens is 2. The molecule has 0 fully saturated rings. The van der Waals surface area contributed by atoms with Crippen LogP contribution in [-0.4, -0.2) is 46.9 Å². The Labute approximate surface area is 246 Å². The molecule has 1 N–H and O–H groups in total. The fraction of sp³-hybridized carbons (Fsp3) is 0.250. The summed E-state index contributed by atoms with van der Waals surface area (Å²) in [6, 6.07) is 15.8. The molecule has 0 amide bonds. The molecule has 4 aromatic rings. The van der Waals surface area contributed by atoms with E-state index in [0.29, 0.717) is 20.6 Å². The lowest BCUT2D eigenvalue weighted by Gasteiger charge is -2.25. The summed E-state index contributed by atoms with van der Waals surface area (Å²) in [6.45, 7) is 7.65. The molecule has 0 saturated heterocycles. The molecule has 3 heterocycles. The molecule has 1 aliphatic rings. The van der Waals surface area contributed by atoms with E-state index in [4.69, 9.17) is 4.74 Å². The predicted octanol–water partition coefficient (Wildman–Crippen LogP) is 3.97. The third-order valence-electron chi connectivity index (χ3n) is 7.37. The highest BCUT2D eigenvalue weighted by molar-refractivity contribution is 7.07. The number of anilines is 1. The fourth-order valence-corrected chi connectivity index (χ4v) is 6.32. The smallest absolute Gasteiger partial charge is 0.338 e. The first-order valence-electron chi connectivity index (χ1n) is 13.5. The average Bonchev–Trinajstić information content (AvgIpc) is 3.41. The molecule has 1 aliphatic heterocycles. The summed E-state index contributed by atoms with van der Waals surface area (Å²) in [6.07, 6.45) is 1.85. The zero-order valence-corrected chi connectivity index (χ0v) is 25.2. The highest BCUT2D eigenvalue weighted by atomic mass is 32.1. The van der Waals surface area contributed by atoms with E-state index in [1.165, 1.54) is 11.3 Å². The lowest BCUT2D eigenvalue weighted by atomic mass is 9.95. The summed E-state index contributed by atoms with van der Waals surface area (Å²) in [5.74, 6) is -1.47. The SMILES string of the molecule is CCOC(=O)C1=C(C)N=c2s/c(=C/c3cc(C)n(-c4ccc(C(=O)O)cc4)c3C)c(=O)n2[C@@H]1c1ccc(N(C)C)cc1. The first-order chi connectivity index (χ1) is 20.0. The molecular weight excluding hydrogens is 552 g/mol. The van der Waals surface area contributed by atoms with E-state index in [1.54, 1.807) is 42.7 Å². The van der Waals surface area contributed by atoms with Crippen LogP contribution < -0.4 is 19.8 Å². The molecule has 0 unspecified atom stereocenters. The number of ether oxygens (including phenoxy) is 1. The first kappa shape index (κ1) is 28.8. The van der Waals surface area contributed by atoms with Crippen molar-refractivity contribution in [3.63, 3.8) is 0 Å². The molecule has 42 heavy (non-hydrogen) atoms. The molecule has 0 aliphatic carbocycles. The first-order valence-corrected chi connectivity index (χ1v) is 14.3. The topological polar surface area (TPSA) is 106 Å². The van der Waals surface area contributed by atoms with Crippen LogP contribution in [0.25, 0.3) is 11.8 Å². The Morgan fingerprint density at radius 2 is 1.74 bits per heavy atom. The van der Waals surface area contributed by atoms with Crippen LogP contribution in [0.5, 0.6) is 0 Å². The van der Waals surface area contributed by atoms with E-state index < -0.39 is 18.0 Å². The Balaban J connectivity index is 1.65. The monoisotopic (exact) mass is 584 g/mol. The van der Waals surface area contributed by atoms with Crippen molar-refractivity contribution in [1.82, 2.24) is 9.13 Å². The van der Waals surface area contributed by atoms with Gasteiger partial charge in [0.25, 0.3) is 5.56 Å². The molecule has 10 heteroatoms. The van der Waals surface area contributed by atoms with Crippen molar-refractivity contribution in [2.45, 2.75) is 33.7 Å². The van der Waals surface area contributed by atoms with Crippen molar-refractivity contribution in [1.29, 1.82) is 0 Å². The molecular formula is C32H32N4O5S. The van der Waals surface area contributed by atoms with Gasteiger partial charge in [-0.05, 0) is 87.4 Å². The number of rotatable bonds is 7. The van der Waals surface area contributed by atoms with Gasteiger partial charge in [-0.15, -0.1) is 0 Å². The van der Waals surface area contributed by atoms with Gasteiger partial charge in [0.1, 0.15) is 0 Å². The minimum atomic E-state index is -0.980. The Morgan fingerprint density at radius 1 is 1.07 bits per heavy atom. The highest BCUT2D eigenvalue weighted by Crippen LogP contribution is 2.31. The van der Waals surface area contributed by atoms with Gasteiger partial charge in [0.05, 0.1) is 34.0 Å². The maximum atomic E-state index is 14.0. The van der Waals surface area contributed by atoms with Crippen molar-refractivity contribution in [2.75, 3.05) is 25.6 Å². The number of aromatic carboxylic acids is 1. The number of carbonyl (C=O) groups is 2. The van der Waals surface area contributed by atoms with Gasteiger partial charge in [-0.1, -0.05) is 23.5 Å². The van der Waals surface area contributed by atoms with Crippen LogP contribution in [0.4, 0.5) is 5.69 Å². The number of benzene rings is 2. The Morgan fingerprint density at radius 3 is 2.33 bits per heavy atom. The summed E-state index contributed by atoms with van der Waals surface area (Å²) in [4.78, 5) is 45.6. The molecule has 2 aromatic carbocycles. The van der Waals surface area contributed by atoms with Crippen molar-refractivity contribution in [3.05, 3.63) is 114 Å².